The Balaban J connectivity index is 1.14. The fraction of sp³-hybridized carbons (Fsp3) is 0.538. The van der Waals surface area contributed by atoms with Crippen LogP contribution in [0.5, 0.6) is 11.8 Å². The number of H-pyrrole nitrogens is 1. The van der Waals surface area contributed by atoms with Crippen LogP contribution in [0.4, 0.5) is 27.8 Å². The predicted octanol–water partition coefficient (Wildman–Crippen LogP) is 7.17. The standard InChI is InChI=1S/C39H42F5N7O3/c1-3-30(52)51-18-37(19-51)8-11-49(12-9-37)35-27-16-26(23-5-6-23)32(31-22(2)4-7-29-28(31)17-45-48-29)34(53-21-39(42,43)44)33(27)46-36(47-35)54-25-14-24(15-25)50-13-10-38(40,41)20-50/h3-4,7,16-17,23-25H,1,5-6,8-15,18-21H2,2H3,(H,45,48)/t24-,25+. The first-order valence-electron chi connectivity index (χ1n) is 18.7. The van der Waals surface area contributed by atoms with Gasteiger partial charge < -0.3 is 19.3 Å². The summed E-state index contributed by atoms with van der Waals surface area (Å²) in [5.74, 6) is -2.09. The maximum Gasteiger partial charge on any atom is 0.422 e. The minimum atomic E-state index is -4.62. The van der Waals surface area contributed by atoms with Gasteiger partial charge >= 0.3 is 12.2 Å². The van der Waals surface area contributed by atoms with Gasteiger partial charge in [-0.1, -0.05) is 12.6 Å². The zero-order valence-electron chi connectivity index (χ0n) is 30.0. The Kier molecular flexibility index (Phi) is 8.32. The van der Waals surface area contributed by atoms with Gasteiger partial charge in [-0.3, -0.25) is 14.8 Å². The van der Waals surface area contributed by atoms with E-state index in [9.17, 15) is 26.7 Å². The molecule has 5 heterocycles. The molecule has 15 heteroatoms. The number of aromatic nitrogens is 4. The molecule has 0 unspecified atom stereocenters. The number of anilines is 1. The van der Waals surface area contributed by atoms with Crippen molar-refractivity contribution in [1.29, 1.82) is 0 Å². The van der Waals surface area contributed by atoms with E-state index in [1.54, 1.807) is 16.0 Å². The third kappa shape index (κ3) is 6.41. The van der Waals surface area contributed by atoms with E-state index in [1.165, 1.54) is 6.08 Å². The molecule has 3 aliphatic heterocycles. The van der Waals surface area contributed by atoms with E-state index in [2.05, 4.69) is 21.7 Å². The number of ether oxygens (including phenoxy) is 2. The van der Waals surface area contributed by atoms with Crippen molar-refractivity contribution >= 4 is 33.5 Å². The molecule has 9 rings (SSSR count). The smallest absolute Gasteiger partial charge is 0.422 e. The van der Waals surface area contributed by atoms with Crippen molar-refractivity contribution in [3.63, 3.8) is 0 Å². The van der Waals surface area contributed by atoms with Crippen molar-refractivity contribution in [2.45, 2.75) is 82.0 Å². The molecule has 2 saturated carbocycles. The lowest BCUT2D eigenvalue weighted by atomic mass is 9.72. The molecule has 10 nitrogen and oxygen atoms in total. The zero-order valence-corrected chi connectivity index (χ0v) is 30.0. The average Bonchev–Trinajstić information content (AvgIpc) is 3.73. The highest BCUT2D eigenvalue weighted by atomic mass is 19.4. The molecule has 2 aliphatic carbocycles. The van der Waals surface area contributed by atoms with Gasteiger partial charge in [0.1, 0.15) is 17.4 Å². The van der Waals surface area contributed by atoms with Gasteiger partial charge in [0.25, 0.3) is 5.92 Å². The van der Waals surface area contributed by atoms with E-state index in [4.69, 9.17) is 19.4 Å². The van der Waals surface area contributed by atoms with E-state index < -0.39 is 18.7 Å². The van der Waals surface area contributed by atoms with Gasteiger partial charge in [-0.05, 0) is 73.4 Å². The molecule has 1 spiro atoms. The fourth-order valence-electron chi connectivity index (χ4n) is 8.95. The van der Waals surface area contributed by atoms with Gasteiger partial charge in [0.2, 0.25) is 5.91 Å². The number of carbonyl (C=O) groups is 1. The number of carbonyl (C=O) groups excluding carboxylic acids is 1. The van der Waals surface area contributed by atoms with Crippen LogP contribution in [0.3, 0.4) is 0 Å². The molecule has 0 bridgehead atoms. The second-order valence-electron chi connectivity index (χ2n) is 16.0. The Bertz CT molecular complexity index is 2130. The summed E-state index contributed by atoms with van der Waals surface area (Å²) >= 11 is 0. The highest BCUT2D eigenvalue weighted by Gasteiger charge is 2.48. The van der Waals surface area contributed by atoms with Crippen LogP contribution in [0, 0.1) is 12.3 Å². The van der Waals surface area contributed by atoms with Crippen molar-refractivity contribution in [3.8, 4) is 22.9 Å². The summed E-state index contributed by atoms with van der Waals surface area (Å²) in [7, 11) is 0. The number of nitrogens with one attached hydrogen (secondary N) is 1. The highest BCUT2D eigenvalue weighted by Crippen LogP contribution is 2.53. The minimum absolute atomic E-state index is 0.0135. The molecule has 5 fully saturated rings. The van der Waals surface area contributed by atoms with Crippen LogP contribution in [-0.2, 0) is 4.79 Å². The second kappa shape index (κ2) is 12.8. The summed E-state index contributed by atoms with van der Waals surface area (Å²) < 4.78 is 82.3. The first-order chi connectivity index (χ1) is 25.8. The van der Waals surface area contributed by atoms with E-state index in [0.29, 0.717) is 62.3 Å². The SMILES string of the molecule is C=CC(=O)N1CC2(CCN(c3nc(O[C@H]4C[C@@H](N5CCC(F)(F)C5)C4)nc4c(OCC(F)(F)F)c(-c5c(C)ccc6[nH]ncc56)c(C5CC5)cc34)CC2)C1. The molecule has 1 amide bonds. The number of aryl methyl sites for hydroxylation is 1. The number of amides is 1. The third-order valence-electron chi connectivity index (χ3n) is 12.1. The Labute approximate surface area is 308 Å². The molecule has 286 valence electrons. The minimum Gasteiger partial charge on any atom is -0.481 e. The Morgan fingerprint density at radius 3 is 2.46 bits per heavy atom. The zero-order chi connectivity index (χ0) is 37.6. The van der Waals surface area contributed by atoms with Gasteiger partial charge in [-0.15, -0.1) is 0 Å². The molecule has 54 heavy (non-hydrogen) atoms. The number of benzene rings is 2. The summed E-state index contributed by atoms with van der Waals surface area (Å²) in [6.45, 7) is 6.60. The van der Waals surface area contributed by atoms with Gasteiger partial charge in [0.05, 0.1) is 18.3 Å². The van der Waals surface area contributed by atoms with E-state index in [-0.39, 0.29) is 59.6 Å². The van der Waals surface area contributed by atoms with E-state index in [1.807, 2.05) is 25.1 Å². The summed E-state index contributed by atoms with van der Waals surface area (Å²) in [6.07, 6.45) is 2.29. The summed E-state index contributed by atoms with van der Waals surface area (Å²) in [4.78, 5) is 27.7. The number of fused-ring (bicyclic) bond motifs is 2. The first kappa shape index (κ1) is 35.2. The van der Waals surface area contributed by atoms with Crippen LogP contribution >= 0.6 is 0 Å². The van der Waals surface area contributed by atoms with Crippen molar-refractivity contribution in [1.82, 2.24) is 30.0 Å². The molecule has 2 aromatic carbocycles. The first-order valence-corrected chi connectivity index (χ1v) is 18.7. The van der Waals surface area contributed by atoms with Crippen LogP contribution in [0.15, 0.2) is 37.1 Å². The molecule has 0 radical (unpaired) electrons. The molecule has 2 aromatic heterocycles. The fourth-order valence-corrected chi connectivity index (χ4v) is 8.95. The number of likely N-dealkylation sites (tertiary alicyclic amines) is 2. The largest absolute Gasteiger partial charge is 0.481 e. The molecular formula is C39H42F5N7O3. The lowest BCUT2D eigenvalue weighted by Gasteiger charge is -2.54. The molecule has 4 aromatic rings. The van der Waals surface area contributed by atoms with Gasteiger partial charge in [0, 0.05) is 79.8 Å². The maximum absolute atomic E-state index is 14.0. The molecular weight excluding hydrogens is 709 g/mol. The number of piperidine rings is 1. The van der Waals surface area contributed by atoms with E-state index in [0.717, 1.165) is 53.3 Å². The molecule has 1 N–H and O–H groups in total. The van der Waals surface area contributed by atoms with Crippen molar-refractivity contribution < 1.29 is 36.2 Å². The number of halogens is 5. The van der Waals surface area contributed by atoms with Crippen LogP contribution in [0.25, 0.3) is 32.9 Å². The van der Waals surface area contributed by atoms with Crippen molar-refractivity contribution in [2.24, 2.45) is 5.41 Å². The van der Waals surface area contributed by atoms with Crippen molar-refractivity contribution in [3.05, 3.63) is 48.2 Å². The topological polar surface area (TPSA) is 99.7 Å². The molecule has 3 saturated heterocycles. The summed E-state index contributed by atoms with van der Waals surface area (Å²) in [5, 5.41) is 8.59. The second-order valence-corrected chi connectivity index (χ2v) is 16.0. The summed E-state index contributed by atoms with van der Waals surface area (Å²) in [6, 6.07) is 5.81. The van der Waals surface area contributed by atoms with Gasteiger partial charge in [-0.25, -0.2) is 8.78 Å². The average molecular weight is 752 g/mol. The Morgan fingerprint density at radius 2 is 1.80 bits per heavy atom. The maximum atomic E-state index is 14.0. The Morgan fingerprint density at radius 1 is 1.04 bits per heavy atom. The third-order valence-corrected chi connectivity index (χ3v) is 12.1. The number of rotatable bonds is 9. The van der Waals surface area contributed by atoms with Crippen LogP contribution in [0.1, 0.15) is 62.0 Å². The predicted molar refractivity (Wildman–Crippen MR) is 192 cm³/mol. The Hall–Kier alpha value is -4.53. The quantitative estimate of drug-likeness (QED) is 0.142. The van der Waals surface area contributed by atoms with Gasteiger partial charge in [0.15, 0.2) is 12.4 Å². The van der Waals surface area contributed by atoms with Crippen LogP contribution < -0.4 is 14.4 Å². The molecule has 0 atom stereocenters. The normalized spacial score (nSPS) is 23.8. The van der Waals surface area contributed by atoms with Crippen LogP contribution in [0.2, 0.25) is 0 Å². The van der Waals surface area contributed by atoms with Crippen molar-refractivity contribution in [2.75, 3.05) is 50.8 Å². The van der Waals surface area contributed by atoms with E-state index >= 15 is 0 Å². The number of aromatic amines is 1. The highest BCUT2D eigenvalue weighted by molar-refractivity contribution is 6.06. The van der Waals surface area contributed by atoms with Gasteiger partial charge in [-0.2, -0.15) is 28.2 Å². The number of nitrogens with zero attached hydrogens (tertiary/aromatic N) is 6. The lowest BCUT2D eigenvalue weighted by Crippen LogP contribution is -2.61. The number of hydrogen-bond donors (Lipinski definition) is 1. The number of alkyl halides is 5. The molecule has 5 aliphatic rings. The number of hydrogen-bond acceptors (Lipinski definition) is 8. The van der Waals surface area contributed by atoms with Crippen LogP contribution in [-0.4, -0.2) is 106 Å². The summed E-state index contributed by atoms with van der Waals surface area (Å²) in [5.41, 5.74) is 3.98. The monoisotopic (exact) mass is 751 g/mol. The lowest BCUT2D eigenvalue weighted by molar-refractivity contribution is -0.153.